The number of aliphatic hydroxyl groups is 1. The molecule has 1 fully saturated rings. The van der Waals surface area contributed by atoms with E-state index in [1.807, 2.05) is 12.2 Å². The standard InChI is InChI=1S/C16H15Cl2NO3/c17-9-5-6-13(18)12(7-9)14(20)8-19-15(21)10-3-1-2-4-11(10)16(19)22/h1-2,5-7,10-11,14,20H,3-4,8H2/t10-,11+,14-/m0/s1. The van der Waals surface area contributed by atoms with E-state index in [-0.39, 0.29) is 30.2 Å². The van der Waals surface area contributed by atoms with Gasteiger partial charge in [0.05, 0.1) is 24.5 Å². The van der Waals surface area contributed by atoms with Crippen LogP contribution in [0.5, 0.6) is 0 Å². The number of β-amino-alcohol motifs (C(OH)–C–C–N with tert-alkyl or cyclic N) is 1. The molecule has 1 aromatic rings. The summed E-state index contributed by atoms with van der Waals surface area (Å²) < 4.78 is 0. The van der Waals surface area contributed by atoms with Crippen molar-refractivity contribution in [2.45, 2.75) is 18.9 Å². The topological polar surface area (TPSA) is 57.6 Å². The molecule has 2 aliphatic rings. The highest BCUT2D eigenvalue weighted by Gasteiger charge is 2.47. The van der Waals surface area contributed by atoms with Crippen LogP contribution in [0.2, 0.25) is 10.0 Å². The Morgan fingerprint density at radius 2 is 1.73 bits per heavy atom. The number of allylic oxidation sites excluding steroid dienone is 2. The molecule has 0 spiro atoms. The smallest absolute Gasteiger partial charge is 0.233 e. The molecule has 0 bridgehead atoms. The summed E-state index contributed by atoms with van der Waals surface area (Å²) in [5.41, 5.74) is 0.419. The van der Waals surface area contributed by atoms with Crippen molar-refractivity contribution in [1.29, 1.82) is 0 Å². The molecule has 1 N–H and O–H groups in total. The third-order valence-electron chi connectivity index (χ3n) is 4.27. The lowest BCUT2D eigenvalue weighted by molar-refractivity contribution is -0.141. The van der Waals surface area contributed by atoms with Crippen LogP contribution in [0.15, 0.2) is 30.4 Å². The first-order valence-electron chi connectivity index (χ1n) is 7.12. The number of fused-ring (bicyclic) bond motifs is 1. The number of imide groups is 1. The Kier molecular flexibility index (Phi) is 4.26. The minimum atomic E-state index is -1.05. The molecule has 1 aliphatic heterocycles. The molecular formula is C16H15Cl2NO3. The summed E-state index contributed by atoms with van der Waals surface area (Å²) in [6.45, 7) is -0.0925. The van der Waals surface area contributed by atoms with Crippen molar-refractivity contribution >= 4 is 35.0 Å². The van der Waals surface area contributed by atoms with Crippen LogP contribution in [0.3, 0.4) is 0 Å². The first kappa shape index (κ1) is 15.5. The van der Waals surface area contributed by atoms with Crippen molar-refractivity contribution in [1.82, 2.24) is 4.90 Å². The van der Waals surface area contributed by atoms with Crippen molar-refractivity contribution in [3.63, 3.8) is 0 Å². The second-order valence-electron chi connectivity index (χ2n) is 5.62. The van der Waals surface area contributed by atoms with Gasteiger partial charge in [-0.2, -0.15) is 0 Å². The summed E-state index contributed by atoms with van der Waals surface area (Å²) >= 11 is 12.0. The normalized spacial score (nSPS) is 25.5. The molecule has 0 aromatic heterocycles. The number of rotatable bonds is 3. The van der Waals surface area contributed by atoms with E-state index in [2.05, 4.69) is 0 Å². The maximum Gasteiger partial charge on any atom is 0.233 e. The number of benzene rings is 1. The van der Waals surface area contributed by atoms with E-state index in [0.717, 1.165) is 4.90 Å². The summed E-state index contributed by atoms with van der Waals surface area (Å²) in [5.74, 6) is -1.01. The number of carbonyl (C=O) groups is 2. The van der Waals surface area contributed by atoms with Crippen molar-refractivity contribution in [2.24, 2.45) is 11.8 Å². The fourth-order valence-corrected chi connectivity index (χ4v) is 3.51. The van der Waals surface area contributed by atoms with Crippen LogP contribution < -0.4 is 0 Å². The van der Waals surface area contributed by atoms with E-state index in [9.17, 15) is 14.7 Å². The fraction of sp³-hybridized carbons (Fsp3) is 0.375. The van der Waals surface area contributed by atoms with E-state index in [1.165, 1.54) is 0 Å². The van der Waals surface area contributed by atoms with E-state index in [1.54, 1.807) is 18.2 Å². The number of hydrogen-bond donors (Lipinski definition) is 1. The SMILES string of the molecule is O=C1[C@H]2CC=CC[C@H]2C(=O)N1C[C@H](O)c1cc(Cl)ccc1Cl. The summed E-state index contributed by atoms with van der Waals surface area (Å²) in [5, 5.41) is 11.1. The van der Waals surface area contributed by atoms with E-state index >= 15 is 0 Å². The second kappa shape index (κ2) is 6.03. The van der Waals surface area contributed by atoms with Crippen LogP contribution in [-0.4, -0.2) is 28.4 Å². The molecule has 2 amide bonds. The van der Waals surface area contributed by atoms with Gasteiger partial charge in [0.2, 0.25) is 11.8 Å². The summed E-state index contributed by atoms with van der Waals surface area (Å²) in [4.78, 5) is 25.9. The van der Waals surface area contributed by atoms with Gasteiger partial charge < -0.3 is 5.11 Å². The largest absolute Gasteiger partial charge is 0.386 e. The molecule has 0 saturated carbocycles. The van der Waals surface area contributed by atoms with E-state index in [4.69, 9.17) is 23.2 Å². The third-order valence-corrected chi connectivity index (χ3v) is 4.85. The molecule has 1 aliphatic carbocycles. The van der Waals surface area contributed by atoms with Crippen LogP contribution in [0.1, 0.15) is 24.5 Å². The van der Waals surface area contributed by atoms with Crippen molar-refractivity contribution in [3.8, 4) is 0 Å². The maximum absolute atomic E-state index is 12.4. The Hall–Kier alpha value is -1.36. The lowest BCUT2D eigenvalue weighted by atomic mass is 9.85. The van der Waals surface area contributed by atoms with Gasteiger partial charge in [-0.25, -0.2) is 0 Å². The first-order chi connectivity index (χ1) is 10.5. The van der Waals surface area contributed by atoms with Crippen molar-refractivity contribution < 1.29 is 14.7 Å². The summed E-state index contributed by atoms with van der Waals surface area (Å²) in [6, 6.07) is 4.75. The lowest BCUT2D eigenvalue weighted by Gasteiger charge is -2.20. The molecule has 6 heteroatoms. The van der Waals surface area contributed by atoms with Gasteiger partial charge in [-0.15, -0.1) is 0 Å². The van der Waals surface area contributed by atoms with E-state index < -0.39 is 6.10 Å². The van der Waals surface area contributed by atoms with Gasteiger partial charge in [-0.3, -0.25) is 14.5 Å². The number of aliphatic hydroxyl groups excluding tert-OH is 1. The summed E-state index contributed by atoms with van der Waals surface area (Å²) in [7, 11) is 0. The van der Waals surface area contributed by atoms with Crippen LogP contribution in [0.25, 0.3) is 0 Å². The van der Waals surface area contributed by atoms with Crippen molar-refractivity contribution in [2.75, 3.05) is 6.54 Å². The summed E-state index contributed by atoms with van der Waals surface area (Å²) in [6.07, 6.45) is 3.98. The quantitative estimate of drug-likeness (QED) is 0.680. The number of amides is 2. The van der Waals surface area contributed by atoms with Crippen LogP contribution in [0, 0.1) is 11.8 Å². The van der Waals surface area contributed by atoms with E-state index in [0.29, 0.717) is 28.5 Å². The number of likely N-dealkylation sites (tertiary alicyclic amines) is 1. The molecule has 1 saturated heterocycles. The molecule has 1 heterocycles. The molecular weight excluding hydrogens is 325 g/mol. The predicted molar refractivity (Wildman–Crippen MR) is 83.5 cm³/mol. The highest BCUT2D eigenvalue weighted by Crippen LogP contribution is 2.36. The van der Waals surface area contributed by atoms with Gasteiger partial charge in [-0.1, -0.05) is 35.4 Å². The Labute approximate surface area is 138 Å². The molecule has 22 heavy (non-hydrogen) atoms. The number of hydrogen-bond acceptors (Lipinski definition) is 3. The van der Waals surface area contributed by atoms with Crippen LogP contribution in [0.4, 0.5) is 0 Å². The van der Waals surface area contributed by atoms with Gasteiger partial charge in [0.15, 0.2) is 0 Å². The van der Waals surface area contributed by atoms with Crippen LogP contribution >= 0.6 is 23.2 Å². The fourth-order valence-electron chi connectivity index (χ4n) is 3.09. The molecule has 4 nitrogen and oxygen atoms in total. The monoisotopic (exact) mass is 339 g/mol. The number of nitrogens with zero attached hydrogens (tertiary/aromatic N) is 1. The zero-order valence-electron chi connectivity index (χ0n) is 11.7. The van der Waals surface area contributed by atoms with Crippen LogP contribution in [-0.2, 0) is 9.59 Å². The highest BCUT2D eigenvalue weighted by atomic mass is 35.5. The Balaban J connectivity index is 1.79. The molecule has 0 radical (unpaired) electrons. The molecule has 116 valence electrons. The predicted octanol–water partition coefficient (Wildman–Crippen LogP) is 2.98. The minimum absolute atomic E-state index is 0.0925. The van der Waals surface area contributed by atoms with Gasteiger partial charge in [0.1, 0.15) is 0 Å². The first-order valence-corrected chi connectivity index (χ1v) is 7.88. The lowest BCUT2D eigenvalue weighted by Crippen LogP contribution is -2.35. The average Bonchev–Trinajstić information content (AvgIpc) is 2.75. The zero-order valence-corrected chi connectivity index (χ0v) is 13.2. The van der Waals surface area contributed by atoms with Gasteiger partial charge in [-0.05, 0) is 31.0 Å². The molecule has 3 atom stereocenters. The molecule has 3 rings (SSSR count). The Bertz CT molecular complexity index is 633. The second-order valence-corrected chi connectivity index (χ2v) is 6.47. The maximum atomic E-state index is 12.4. The average molecular weight is 340 g/mol. The van der Waals surface area contributed by atoms with Gasteiger partial charge in [0, 0.05) is 15.6 Å². The van der Waals surface area contributed by atoms with Crippen molar-refractivity contribution in [3.05, 3.63) is 46.0 Å². The number of carbonyl (C=O) groups excluding carboxylic acids is 2. The Morgan fingerprint density at radius 1 is 1.14 bits per heavy atom. The molecule has 1 aromatic carbocycles. The highest BCUT2D eigenvalue weighted by molar-refractivity contribution is 6.33. The number of halogens is 2. The molecule has 0 unspecified atom stereocenters. The van der Waals surface area contributed by atoms with Gasteiger partial charge >= 0.3 is 0 Å². The zero-order chi connectivity index (χ0) is 15.9. The third kappa shape index (κ3) is 2.67. The minimum Gasteiger partial charge on any atom is -0.386 e. The van der Waals surface area contributed by atoms with Gasteiger partial charge in [0.25, 0.3) is 0 Å². The Morgan fingerprint density at radius 3 is 2.32 bits per heavy atom.